The van der Waals surface area contributed by atoms with Crippen molar-refractivity contribution in [3.63, 3.8) is 0 Å². The lowest BCUT2D eigenvalue weighted by atomic mass is 10.2. The standard InChI is InChI=1S/C18H11ClN2O2/c19-13-6-7-15-12(9-13)10-16(23-15)18(22)21-14-5-1-3-11-4-2-8-20-17(11)14/h1-10H,(H,21,22). The molecule has 2 aromatic carbocycles. The fourth-order valence-corrected chi connectivity index (χ4v) is 2.70. The highest BCUT2D eigenvalue weighted by atomic mass is 35.5. The van der Waals surface area contributed by atoms with Crippen LogP contribution in [0.5, 0.6) is 0 Å². The molecular formula is C18H11ClN2O2. The maximum absolute atomic E-state index is 12.4. The van der Waals surface area contributed by atoms with Crippen molar-refractivity contribution in [1.29, 1.82) is 0 Å². The average molecular weight is 323 g/mol. The minimum atomic E-state index is -0.324. The first-order chi connectivity index (χ1) is 11.2. The van der Waals surface area contributed by atoms with Crippen LogP contribution in [0.2, 0.25) is 5.02 Å². The van der Waals surface area contributed by atoms with Crippen molar-refractivity contribution >= 4 is 45.1 Å². The van der Waals surface area contributed by atoms with Gasteiger partial charge in [-0.05, 0) is 36.4 Å². The molecule has 0 saturated carbocycles. The normalized spacial score (nSPS) is 11.0. The van der Waals surface area contributed by atoms with Crippen molar-refractivity contribution < 1.29 is 9.21 Å². The molecule has 0 bridgehead atoms. The molecule has 4 rings (SSSR count). The van der Waals surface area contributed by atoms with Gasteiger partial charge in [0, 0.05) is 22.0 Å². The summed E-state index contributed by atoms with van der Waals surface area (Å²) in [5.41, 5.74) is 2.00. The van der Waals surface area contributed by atoms with Crippen molar-refractivity contribution in [3.05, 3.63) is 71.6 Å². The summed E-state index contributed by atoms with van der Waals surface area (Å²) < 4.78 is 5.58. The minimum absolute atomic E-state index is 0.232. The second-order valence-corrected chi connectivity index (χ2v) is 5.56. The number of carbonyl (C=O) groups is 1. The fourth-order valence-electron chi connectivity index (χ4n) is 2.52. The molecule has 0 aliphatic heterocycles. The summed E-state index contributed by atoms with van der Waals surface area (Å²) in [5.74, 6) is -0.0920. The number of anilines is 1. The summed E-state index contributed by atoms with van der Waals surface area (Å²) in [6.45, 7) is 0. The van der Waals surface area contributed by atoms with E-state index in [0.717, 1.165) is 16.3 Å². The zero-order valence-corrected chi connectivity index (χ0v) is 12.7. The Bertz CT molecular complexity index is 1030. The molecule has 0 saturated heterocycles. The molecule has 4 nitrogen and oxygen atoms in total. The highest BCUT2D eigenvalue weighted by Crippen LogP contribution is 2.25. The summed E-state index contributed by atoms with van der Waals surface area (Å²) >= 11 is 5.95. The zero-order valence-electron chi connectivity index (χ0n) is 11.9. The first kappa shape index (κ1) is 13.8. The van der Waals surface area contributed by atoms with Crippen molar-refractivity contribution in [2.24, 2.45) is 0 Å². The average Bonchev–Trinajstić information content (AvgIpc) is 2.98. The number of amides is 1. The van der Waals surface area contributed by atoms with E-state index in [4.69, 9.17) is 16.0 Å². The van der Waals surface area contributed by atoms with E-state index in [1.54, 1.807) is 30.5 Å². The third kappa shape index (κ3) is 2.53. The van der Waals surface area contributed by atoms with Gasteiger partial charge in [0.2, 0.25) is 0 Å². The lowest BCUT2D eigenvalue weighted by Gasteiger charge is -2.06. The molecule has 0 radical (unpaired) electrons. The van der Waals surface area contributed by atoms with E-state index >= 15 is 0 Å². The highest BCUT2D eigenvalue weighted by molar-refractivity contribution is 6.31. The Morgan fingerprint density at radius 1 is 1.04 bits per heavy atom. The maximum atomic E-state index is 12.4. The van der Waals surface area contributed by atoms with E-state index < -0.39 is 0 Å². The predicted molar refractivity (Wildman–Crippen MR) is 90.9 cm³/mol. The van der Waals surface area contributed by atoms with E-state index in [0.29, 0.717) is 16.3 Å². The third-order valence-corrected chi connectivity index (χ3v) is 3.82. The molecule has 23 heavy (non-hydrogen) atoms. The Morgan fingerprint density at radius 2 is 1.91 bits per heavy atom. The number of para-hydroxylation sites is 1. The summed E-state index contributed by atoms with van der Waals surface area (Å²) in [7, 11) is 0. The van der Waals surface area contributed by atoms with Crippen molar-refractivity contribution in [1.82, 2.24) is 4.98 Å². The SMILES string of the molecule is O=C(Nc1cccc2cccnc12)c1cc2cc(Cl)ccc2o1. The number of aromatic nitrogens is 1. The summed E-state index contributed by atoms with van der Waals surface area (Å²) in [4.78, 5) is 16.8. The molecule has 0 aliphatic carbocycles. The van der Waals surface area contributed by atoms with Crippen LogP contribution in [0.4, 0.5) is 5.69 Å². The smallest absolute Gasteiger partial charge is 0.291 e. The van der Waals surface area contributed by atoms with Crippen LogP contribution in [0.3, 0.4) is 0 Å². The van der Waals surface area contributed by atoms with E-state index in [2.05, 4.69) is 10.3 Å². The minimum Gasteiger partial charge on any atom is -0.451 e. The lowest BCUT2D eigenvalue weighted by Crippen LogP contribution is -2.11. The van der Waals surface area contributed by atoms with Crippen LogP contribution in [0.15, 0.2) is 65.2 Å². The Morgan fingerprint density at radius 3 is 2.83 bits per heavy atom. The number of furan rings is 1. The summed E-state index contributed by atoms with van der Waals surface area (Å²) in [6, 6.07) is 16.3. The molecular weight excluding hydrogens is 312 g/mol. The lowest BCUT2D eigenvalue weighted by molar-refractivity contribution is 0.0999. The molecule has 2 aromatic heterocycles. The second-order valence-electron chi connectivity index (χ2n) is 5.13. The van der Waals surface area contributed by atoms with Gasteiger partial charge < -0.3 is 9.73 Å². The van der Waals surface area contributed by atoms with Crippen LogP contribution >= 0.6 is 11.6 Å². The molecule has 1 amide bonds. The van der Waals surface area contributed by atoms with Crippen LogP contribution in [0, 0.1) is 0 Å². The van der Waals surface area contributed by atoms with Crippen LogP contribution in [-0.4, -0.2) is 10.9 Å². The van der Waals surface area contributed by atoms with Gasteiger partial charge in [-0.2, -0.15) is 0 Å². The van der Waals surface area contributed by atoms with Gasteiger partial charge in [-0.25, -0.2) is 0 Å². The van der Waals surface area contributed by atoms with E-state index in [9.17, 15) is 4.79 Å². The topological polar surface area (TPSA) is 55.1 Å². The predicted octanol–water partition coefficient (Wildman–Crippen LogP) is 4.89. The van der Waals surface area contributed by atoms with Gasteiger partial charge in [0.25, 0.3) is 5.91 Å². The third-order valence-electron chi connectivity index (χ3n) is 3.58. The number of halogens is 1. The van der Waals surface area contributed by atoms with Crippen molar-refractivity contribution in [2.75, 3.05) is 5.32 Å². The van der Waals surface area contributed by atoms with E-state index in [1.165, 1.54) is 0 Å². The molecule has 4 aromatic rings. The molecule has 2 heterocycles. The van der Waals surface area contributed by atoms with Crippen molar-refractivity contribution in [2.45, 2.75) is 0 Å². The summed E-state index contributed by atoms with van der Waals surface area (Å²) in [5, 5.41) is 5.20. The van der Waals surface area contributed by atoms with Crippen LogP contribution in [-0.2, 0) is 0 Å². The first-order valence-corrected chi connectivity index (χ1v) is 7.43. The fraction of sp³-hybridized carbons (Fsp3) is 0. The van der Waals surface area contributed by atoms with Gasteiger partial charge in [-0.3, -0.25) is 9.78 Å². The van der Waals surface area contributed by atoms with Gasteiger partial charge >= 0.3 is 0 Å². The largest absolute Gasteiger partial charge is 0.451 e. The molecule has 0 fully saturated rings. The Hall–Kier alpha value is -2.85. The number of benzene rings is 2. The van der Waals surface area contributed by atoms with Gasteiger partial charge in [0.1, 0.15) is 5.58 Å². The highest BCUT2D eigenvalue weighted by Gasteiger charge is 2.14. The molecule has 1 N–H and O–H groups in total. The van der Waals surface area contributed by atoms with Crippen LogP contribution < -0.4 is 5.32 Å². The number of pyridine rings is 1. The van der Waals surface area contributed by atoms with Gasteiger partial charge in [-0.15, -0.1) is 0 Å². The maximum Gasteiger partial charge on any atom is 0.291 e. The molecule has 0 aliphatic rings. The number of nitrogens with one attached hydrogen (secondary N) is 1. The number of rotatable bonds is 2. The van der Waals surface area contributed by atoms with Crippen molar-refractivity contribution in [3.8, 4) is 0 Å². The van der Waals surface area contributed by atoms with Gasteiger partial charge in [-0.1, -0.05) is 29.8 Å². The monoisotopic (exact) mass is 322 g/mol. The van der Waals surface area contributed by atoms with Crippen LogP contribution in [0.25, 0.3) is 21.9 Å². The molecule has 0 spiro atoms. The Balaban J connectivity index is 1.70. The number of nitrogens with zero attached hydrogens (tertiary/aromatic N) is 1. The first-order valence-electron chi connectivity index (χ1n) is 7.05. The van der Waals surface area contributed by atoms with E-state index in [1.807, 2.05) is 30.3 Å². The quantitative estimate of drug-likeness (QED) is 0.572. The number of hydrogen-bond donors (Lipinski definition) is 1. The molecule has 0 unspecified atom stereocenters. The van der Waals surface area contributed by atoms with Gasteiger partial charge in [0.15, 0.2) is 5.76 Å². The Kier molecular flexibility index (Phi) is 3.24. The second kappa shape index (κ2) is 5.41. The number of fused-ring (bicyclic) bond motifs is 2. The van der Waals surface area contributed by atoms with Gasteiger partial charge in [0.05, 0.1) is 11.2 Å². The van der Waals surface area contributed by atoms with Crippen LogP contribution in [0.1, 0.15) is 10.6 Å². The molecule has 0 atom stereocenters. The van der Waals surface area contributed by atoms with E-state index in [-0.39, 0.29) is 11.7 Å². The molecule has 5 heteroatoms. The number of carbonyl (C=O) groups excluding carboxylic acids is 1. The summed E-state index contributed by atoms with van der Waals surface area (Å²) in [6.07, 6.45) is 1.70. The number of hydrogen-bond acceptors (Lipinski definition) is 3. The Labute approximate surface area is 136 Å². The zero-order chi connectivity index (χ0) is 15.8. The molecule has 112 valence electrons.